The number of ether oxygens (including phenoxy) is 5. The first-order valence-corrected chi connectivity index (χ1v) is 24.0. The van der Waals surface area contributed by atoms with Crippen LogP contribution in [0.5, 0.6) is 0 Å². The number of nitrogens with one attached hydrogen (secondary N) is 1. The van der Waals surface area contributed by atoms with Crippen molar-refractivity contribution >= 4 is 23.4 Å². The molecule has 1 aromatic rings. The van der Waals surface area contributed by atoms with Crippen LogP contribution in [0.1, 0.15) is 124 Å². The van der Waals surface area contributed by atoms with Crippen LogP contribution in [0.3, 0.4) is 0 Å². The molecule has 1 saturated carbocycles. The van der Waals surface area contributed by atoms with Gasteiger partial charge in [-0.1, -0.05) is 81.8 Å². The number of amides is 1. The quantitative estimate of drug-likeness (QED) is 0.127. The van der Waals surface area contributed by atoms with Crippen LogP contribution in [0.2, 0.25) is 0 Å². The molecule has 3 heterocycles. The Labute approximate surface area is 382 Å². The Balaban J connectivity index is 1.46. The minimum atomic E-state index is -2.47. The van der Waals surface area contributed by atoms with Gasteiger partial charge in [0.15, 0.2) is 0 Å². The Bertz CT molecular complexity index is 1780. The molecule has 64 heavy (non-hydrogen) atoms. The number of allylic oxidation sites excluding steroid dienone is 3. The summed E-state index contributed by atoms with van der Waals surface area (Å²) in [5, 5.41) is 15.9. The topological polar surface area (TPSA) is 150 Å². The number of hydrogen-bond acceptors (Lipinski definition) is 11. The molecule has 5 rings (SSSR count). The van der Waals surface area contributed by atoms with Gasteiger partial charge in [0.05, 0.1) is 24.9 Å². The van der Waals surface area contributed by atoms with E-state index in [1.165, 1.54) is 10.5 Å². The lowest BCUT2D eigenvalue weighted by molar-refractivity contribution is -0.302. The number of benzene rings is 1. The van der Waals surface area contributed by atoms with Gasteiger partial charge in [-0.3, -0.25) is 14.4 Å². The predicted octanol–water partition coefficient (Wildman–Crippen LogP) is 7.86. The van der Waals surface area contributed by atoms with Gasteiger partial charge in [-0.2, -0.15) is 0 Å². The molecule has 3 aliphatic heterocycles. The van der Waals surface area contributed by atoms with Crippen molar-refractivity contribution in [1.29, 1.82) is 0 Å². The zero-order valence-electron chi connectivity index (χ0n) is 39.9. The zero-order valence-corrected chi connectivity index (χ0v) is 39.9. The normalized spacial score (nSPS) is 35.7. The van der Waals surface area contributed by atoms with Crippen LogP contribution in [0, 0.1) is 29.6 Å². The average Bonchev–Trinajstić information content (AvgIpc) is 3.29. The first-order chi connectivity index (χ1) is 30.6. The van der Waals surface area contributed by atoms with Gasteiger partial charge in [0.2, 0.25) is 5.79 Å². The monoisotopic (exact) mass is 891 g/mol. The third-order valence-electron chi connectivity index (χ3n) is 14.3. The van der Waals surface area contributed by atoms with Crippen molar-refractivity contribution < 1.29 is 48.0 Å². The molecular weight excluding hydrogens is 813 g/mol. The van der Waals surface area contributed by atoms with Crippen LogP contribution >= 0.6 is 0 Å². The number of aliphatic hydroxyl groups is 1. The van der Waals surface area contributed by atoms with Crippen molar-refractivity contribution in [1.82, 2.24) is 10.2 Å². The SMILES string of the molecule is C=CCOC1CC(C=C(C)C2OC(=O)C3CCCCN3C(=O)C(=O)C3(O)OC(C(OC)CC(C)CC(C)=CC(CC)C(=O)CCC2C)C(OC)CC3C)CCC1NCc1ccccc1. The second kappa shape index (κ2) is 24.3. The molecule has 1 amide bonds. The summed E-state index contributed by atoms with van der Waals surface area (Å²) >= 11 is 0. The molecule has 12 nitrogen and oxygen atoms in total. The second-order valence-corrected chi connectivity index (χ2v) is 19.3. The molecule has 356 valence electrons. The van der Waals surface area contributed by atoms with Gasteiger partial charge in [-0.25, -0.2) is 4.79 Å². The van der Waals surface area contributed by atoms with Crippen molar-refractivity contribution in [3.05, 3.63) is 71.8 Å². The molecule has 0 aromatic heterocycles. The van der Waals surface area contributed by atoms with Gasteiger partial charge < -0.3 is 39.0 Å². The van der Waals surface area contributed by atoms with E-state index >= 15 is 0 Å². The van der Waals surface area contributed by atoms with E-state index in [9.17, 15) is 24.3 Å². The lowest BCUT2D eigenvalue weighted by Crippen LogP contribution is -2.64. The number of nitrogens with zero attached hydrogens (tertiary/aromatic N) is 1. The number of esters is 1. The van der Waals surface area contributed by atoms with E-state index in [4.69, 9.17) is 23.7 Å². The van der Waals surface area contributed by atoms with Gasteiger partial charge in [0.25, 0.3) is 11.7 Å². The van der Waals surface area contributed by atoms with Gasteiger partial charge >= 0.3 is 5.97 Å². The molecule has 13 atom stereocenters. The number of fused-ring (bicyclic) bond motifs is 3. The minimum Gasteiger partial charge on any atom is -0.456 e. The number of hydrogen-bond donors (Lipinski definition) is 2. The largest absolute Gasteiger partial charge is 0.456 e. The molecule has 13 unspecified atom stereocenters. The highest BCUT2D eigenvalue weighted by Gasteiger charge is 2.56. The van der Waals surface area contributed by atoms with Crippen molar-refractivity contribution in [3.8, 4) is 0 Å². The molecule has 0 radical (unpaired) electrons. The highest BCUT2D eigenvalue weighted by atomic mass is 16.7. The second-order valence-electron chi connectivity index (χ2n) is 19.3. The summed E-state index contributed by atoms with van der Waals surface area (Å²) in [5.41, 5.74) is 3.17. The molecule has 2 N–H and O–H groups in total. The zero-order chi connectivity index (χ0) is 46.6. The highest BCUT2D eigenvalue weighted by Crippen LogP contribution is 2.39. The number of carbonyl (C=O) groups is 4. The van der Waals surface area contributed by atoms with Crippen LogP contribution in [-0.2, 0) is 49.4 Å². The number of piperidine rings is 1. The molecule has 2 saturated heterocycles. The number of cyclic esters (lactones) is 1. The van der Waals surface area contributed by atoms with Crippen LogP contribution < -0.4 is 5.32 Å². The third kappa shape index (κ3) is 13.1. The number of Topliss-reactive ketones (excluding diaryl/α,β-unsaturated/α-hetero) is 2. The van der Waals surface area contributed by atoms with E-state index in [-0.39, 0.29) is 54.6 Å². The Morgan fingerprint density at radius 3 is 2.38 bits per heavy atom. The van der Waals surface area contributed by atoms with E-state index in [2.05, 4.69) is 43.1 Å². The van der Waals surface area contributed by atoms with Crippen LogP contribution in [-0.4, -0.2) is 109 Å². The van der Waals surface area contributed by atoms with Crippen LogP contribution in [0.25, 0.3) is 0 Å². The predicted molar refractivity (Wildman–Crippen MR) is 247 cm³/mol. The standard InChI is InChI=1S/C52H78N2O10/c1-10-25-62-44-31-39(21-22-41(44)53-32-38-17-13-12-14-18-38)29-36(6)47-35(5)20-23-43(55)40(11-2)27-33(3)26-34(4)28-45(60-8)48-46(61-9)30-37(7)52(59,64-48)49(56)50(57)54-24-16-15-19-42(54)51(58)63-47/h10,12-14,17-18,27,29,34-35,37,39-42,44-48,53,59H,1,11,15-16,19-26,28,30-32H2,2-9H3. The summed E-state index contributed by atoms with van der Waals surface area (Å²) in [4.78, 5) is 58.5. The van der Waals surface area contributed by atoms with E-state index in [1.807, 2.05) is 45.9 Å². The molecule has 1 aliphatic carbocycles. The van der Waals surface area contributed by atoms with Crippen LogP contribution in [0.4, 0.5) is 0 Å². The maximum atomic E-state index is 14.5. The minimum absolute atomic E-state index is 0.0586. The van der Waals surface area contributed by atoms with Crippen molar-refractivity contribution in [2.45, 2.75) is 174 Å². The molecule has 12 heteroatoms. The molecule has 0 spiro atoms. The van der Waals surface area contributed by atoms with Gasteiger partial charge in [0, 0.05) is 51.6 Å². The van der Waals surface area contributed by atoms with Crippen molar-refractivity contribution in [3.63, 3.8) is 0 Å². The molecule has 3 fully saturated rings. The van der Waals surface area contributed by atoms with E-state index in [0.717, 1.165) is 37.0 Å². The first kappa shape index (κ1) is 51.5. The molecule has 1 aromatic carbocycles. The summed E-state index contributed by atoms with van der Waals surface area (Å²) in [5.74, 6) is -6.07. The summed E-state index contributed by atoms with van der Waals surface area (Å²) in [6, 6.07) is 9.43. The van der Waals surface area contributed by atoms with Crippen molar-refractivity contribution in [2.75, 3.05) is 27.4 Å². The summed E-state index contributed by atoms with van der Waals surface area (Å²) in [6.07, 6.45) is 10.4. The first-order valence-electron chi connectivity index (χ1n) is 24.0. The summed E-state index contributed by atoms with van der Waals surface area (Å²) in [7, 11) is 3.12. The Morgan fingerprint density at radius 2 is 1.69 bits per heavy atom. The molecule has 2 bridgehead atoms. The number of methoxy groups -OCH3 is 2. The van der Waals surface area contributed by atoms with E-state index < -0.39 is 59.8 Å². The lowest BCUT2D eigenvalue weighted by atomic mass is 9.81. The average molecular weight is 891 g/mol. The lowest BCUT2D eigenvalue weighted by Gasteiger charge is -2.47. The number of ketones is 2. The fraction of sp³-hybridized carbons (Fsp3) is 0.692. The number of carbonyl (C=O) groups excluding carboxylic acids is 4. The van der Waals surface area contributed by atoms with E-state index in [1.54, 1.807) is 27.2 Å². The Kier molecular flexibility index (Phi) is 19.5. The van der Waals surface area contributed by atoms with Crippen LogP contribution in [0.15, 0.2) is 66.3 Å². The Morgan fingerprint density at radius 1 is 0.969 bits per heavy atom. The fourth-order valence-electron chi connectivity index (χ4n) is 10.6. The fourth-order valence-corrected chi connectivity index (χ4v) is 10.6. The Hall–Kier alpha value is -3.52. The smallest absolute Gasteiger partial charge is 0.329 e. The highest BCUT2D eigenvalue weighted by molar-refractivity contribution is 6.39. The summed E-state index contributed by atoms with van der Waals surface area (Å²) in [6.45, 7) is 17.1. The van der Waals surface area contributed by atoms with Gasteiger partial charge in [0.1, 0.15) is 24.0 Å². The van der Waals surface area contributed by atoms with Crippen molar-refractivity contribution in [2.24, 2.45) is 29.6 Å². The summed E-state index contributed by atoms with van der Waals surface area (Å²) < 4.78 is 31.0. The maximum Gasteiger partial charge on any atom is 0.329 e. The molecule has 4 aliphatic rings. The molecular formula is C52H78N2O10. The third-order valence-corrected chi connectivity index (χ3v) is 14.3. The number of rotatable bonds is 11. The maximum absolute atomic E-state index is 14.5. The van der Waals surface area contributed by atoms with E-state index in [0.29, 0.717) is 58.0 Å². The van der Waals surface area contributed by atoms with Gasteiger partial charge in [-0.15, -0.1) is 6.58 Å². The van der Waals surface area contributed by atoms with Gasteiger partial charge in [-0.05, 0) is 113 Å².